The lowest BCUT2D eigenvalue weighted by Crippen LogP contribution is -2.37. The van der Waals surface area contributed by atoms with Gasteiger partial charge in [-0.3, -0.25) is 0 Å². The van der Waals surface area contributed by atoms with E-state index in [1.165, 1.54) is 49.9 Å². The minimum absolute atomic E-state index is 1.13. The van der Waals surface area contributed by atoms with Crippen LogP contribution in [0.3, 0.4) is 0 Å². The van der Waals surface area contributed by atoms with Gasteiger partial charge in [-0.05, 0) is 31.2 Å². The van der Waals surface area contributed by atoms with E-state index < -0.39 is 0 Å². The number of hydrogen-bond acceptors (Lipinski definition) is 0. The predicted molar refractivity (Wildman–Crippen MR) is 88.3 cm³/mol. The van der Waals surface area contributed by atoms with Gasteiger partial charge in [0.25, 0.3) is 5.82 Å². The second-order valence-electron chi connectivity index (χ2n) is 5.79. The molecule has 0 N–H and O–H groups in total. The molecule has 21 heavy (non-hydrogen) atoms. The van der Waals surface area contributed by atoms with E-state index in [4.69, 9.17) is 0 Å². The first-order valence-electron chi connectivity index (χ1n) is 8.46. The smallest absolute Gasteiger partial charge is 0.234 e. The highest BCUT2D eigenvalue weighted by atomic mass is 15.1. The van der Waals surface area contributed by atoms with E-state index in [2.05, 4.69) is 65.7 Å². The number of hydrogen-bond donors (Lipinski definition) is 0. The lowest BCUT2D eigenvalue weighted by molar-refractivity contribution is -0.704. The number of unbranched alkanes of at least 4 members (excludes halogenated alkanes) is 1. The third kappa shape index (κ3) is 4.73. The van der Waals surface area contributed by atoms with Crippen LogP contribution in [-0.4, -0.2) is 4.57 Å². The van der Waals surface area contributed by atoms with Gasteiger partial charge in [0, 0.05) is 6.42 Å². The van der Waals surface area contributed by atoms with Gasteiger partial charge in [0.15, 0.2) is 0 Å². The summed E-state index contributed by atoms with van der Waals surface area (Å²) in [5, 5.41) is 0. The van der Waals surface area contributed by atoms with Gasteiger partial charge in [-0.25, -0.2) is 9.13 Å². The Morgan fingerprint density at radius 1 is 0.952 bits per heavy atom. The van der Waals surface area contributed by atoms with Crippen LogP contribution < -0.4 is 4.57 Å². The van der Waals surface area contributed by atoms with Crippen LogP contribution >= 0.6 is 0 Å². The first-order valence-corrected chi connectivity index (χ1v) is 8.46. The Kier molecular flexibility index (Phi) is 6.52. The average Bonchev–Trinajstić information content (AvgIpc) is 2.89. The molecule has 114 valence electrons. The average molecular weight is 285 g/mol. The van der Waals surface area contributed by atoms with Crippen molar-refractivity contribution in [1.29, 1.82) is 0 Å². The summed E-state index contributed by atoms with van der Waals surface area (Å²) >= 11 is 0. The molecule has 1 aromatic heterocycles. The predicted octanol–water partition coefficient (Wildman–Crippen LogP) is 4.16. The van der Waals surface area contributed by atoms with Crippen LogP contribution in [0.25, 0.3) is 0 Å². The highest BCUT2D eigenvalue weighted by molar-refractivity contribution is 5.14. The molecule has 0 amide bonds. The van der Waals surface area contributed by atoms with Crippen molar-refractivity contribution >= 4 is 0 Å². The molecule has 0 unspecified atom stereocenters. The van der Waals surface area contributed by atoms with Crippen molar-refractivity contribution in [3.63, 3.8) is 0 Å². The molecule has 2 aromatic rings. The van der Waals surface area contributed by atoms with Gasteiger partial charge in [-0.15, -0.1) is 0 Å². The Morgan fingerprint density at radius 2 is 1.76 bits per heavy atom. The van der Waals surface area contributed by atoms with Crippen LogP contribution in [0.15, 0.2) is 42.7 Å². The van der Waals surface area contributed by atoms with Crippen LogP contribution in [0, 0.1) is 0 Å². The van der Waals surface area contributed by atoms with Gasteiger partial charge in [0.1, 0.15) is 12.4 Å². The topological polar surface area (TPSA) is 8.81 Å². The molecule has 0 aliphatic heterocycles. The molecule has 0 aliphatic carbocycles. The zero-order valence-electron chi connectivity index (χ0n) is 13.6. The number of benzene rings is 1. The molecule has 1 heterocycles. The molecule has 0 atom stereocenters. The molecular formula is C19H29N2+. The van der Waals surface area contributed by atoms with Gasteiger partial charge >= 0.3 is 0 Å². The SMILES string of the molecule is CCCCn1cc[n+](CCCc2ccccc2)c1CCC. The summed E-state index contributed by atoms with van der Waals surface area (Å²) in [4.78, 5) is 0. The molecule has 0 radical (unpaired) electrons. The summed E-state index contributed by atoms with van der Waals surface area (Å²) in [6, 6.07) is 10.8. The summed E-state index contributed by atoms with van der Waals surface area (Å²) in [5.41, 5.74) is 1.44. The fourth-order valence-corrected chi connectivity index (χ4v) is 2.84. The zero-order valence-corrected chi connectivity index (χ0v) is 13.6. The van der Waals surface area contributed by atoms with Crippen LogP contribution in [-0.2, 0) is 25.9 Å². The molecule has 0 spiro atoms. The minimum Gasteiger partial charge on any atom is -0.234 e. The van der Waals surface area contributed by atoms with E-state index >= 15 is 0 Å². The van der Waals surface area contributed by atoms with E-state index in [0.717, 1.165) is 13.1 Å². The maximum Gasteiger partial charge on any atom is 0.256 e. The second-order valence-corrected chi connectivity index (χ2v) is 5.79. The van der Waals surface area contributed by atoms with Crippen molar-refractivity contribution in [2.75, 3.05) is 0 Å². The van der Waals surface area contributed by atoms with Crippen LogP contribution in [0.5, 0.6) is 0 Å². The first-order chi connectivity index (χ1) is 10.3. The molecule has 0 aliphatic rings. The van der Waals surface area contributed by atoms with Crippen molar-refractivity contribution in [2.24, 2.45) is 0 Å². The first kappa shape index (κ1) is 15.8. The van der Waals surface area contributed by atoms with Gasteiger partial charge in [-0.2, -0.15) is 0 Å². The molecule has 2 nitrogen and oxygen atoms in total. The van der Waals surface area contributed by atoms with Gasteiger partial charge < -0.3 is 0 Å². The quantitative estimate of drug-likeness (QED) is 0.612. The number of rotatable bonds is 9. The Bertz CT molecular complexity index is 514. The molecule has 0 fully saturated rings. The molecule has 1 aromatic carbocycles. The standard InChI is InChI=1S/C19H29N2/c1-3-5-14-20-16-17-21(19(20)10-4-2)15-9-13-18-11-7-6-8-12-18/h6-8,11-12,16-17H,3-5,9-10,13-15H2,1-2H3/q+1. The summed E-state index contributed by atoms with van der Waals surface area (Å²) < 4.78 is 4.91. The molecular weight excluding hydrogens is 256 g/mol. The lowest BCUT2D eigenvalue weighted by Gasteiger charge is -2.05. The Hall–Kier alpha value is -1.57. The zero-order chi connectivity index (χ0) is 14.9. The fourth-order valence-electron chi connectivity index (χ4n) is 2.84. The lowest BCUT2D eigenvalue weighted by atomic mass is 10.1. The number of aromatic nitrogens is 2. The fraction of sp³-hybridized carbons (Fsp3) is 0.526. The Morgan fingerprint density at radius 3 is 2.48 bits per heavy atom. The second kappa shape index (κ2) is 8.66. The third-order valence-corrected chi connectivity index (χ3v) is 4.02. The van der Waals surface area contributed by atoms with Crippen molar-refractivity contribution in [3.8, 4) is 0 Å². The van der Waals surface area contributed by atoms with Crippen molar-refractivity contribution < 1.29 is 4.57 Å². The van der Waals surface area contributed by atoms with E-state index in [9.17, 15) is 0 Å². The van der Waals surface area contributed by atoms with E-state index in [1.54, 1.807) is 0 Å². The molecule has 0 saturated heterocycles. The highest BCUT2D eigenvalue weighted by Crippen LogP contribution is 2.05. The van der Waals surface area contributed by atoms with E-state index in [-0.39, 0.29) is 0 Å². The normalized spacial score (nSPS) is 11.0. The Labute approximate surface area is 129 Å². The summed E-state index contributed by atoms with van der Waals surface area (Å²) in [6.45, 7) is 6.82. The van der Waals surface area contributed by atoms with Gasteiger partial charge in [0.2, 0.25) is 0 Å². The maximum atomic E-state index is 2.46. The van der Waals surface area contributed by atoms with Gasteiger partial charge in [-0.1, -0.05) is 50.6 Å². The molecule has 2 heteroatoms. The minimum atomic E-state index is 1.13. The van der Waals surface area contributed by atoms with E-state index in [0.29, 0.717) is 0 Å². The number of aryl methyl sites for hydroxylation is 3. The van der Waals surface area contributed by atoms with Crippen molar-refractivity contribution in [2.45, 2.75) is 65.5 Å². The summed E-state index contributed by atoms with van der Waals surface area (Å²) in [6.07, 6.45) is 11.8. The highest BCUT2D eigenvalue weighted by Gasteiger charge is 2.15. The van der Waals surface area contributed by atoms with Crippen molar-refractivity contribution in [3.05, 3.63) is 54.1 Å². The number of imidazole rings is 1. The van der Waals surface area contributed by atoms with Crippen LogP contribution in [0.2, 0.25) is 0 Å². The monoisotopic (exact) mass is 285 g/mol. The van der Waals surface area contributed by atoms with E-state index in [1.807, 2.05) is 0 Å². The maximum absolute atomic E-state index is 2.46. The number of nitrogens with zero attached hydrogens (tertiary/aromatic N) is 2. The van der Waals surface area contributed by atoms with Gasteiger partial charge in [0.05, 0.1) is 13.1 Å². The van der Waals surface area contributed by atoms with Crippen LogP contribution in [0.4, 0.5) is 0 Å². The van der Waals surface area contributed by atoms with Crippen LogP contribution in [0.1, 0.15) is 50.9 Å². The third-order valence-electron chi connectivity index (χ3n) is 4.02. The molecule has 0 bridgehead atoms. The largest absolute Gasteiger partial charge is 0.256 e. The summed E-state index contributed by atoms with van der Waals surface area (Å²) in [5.74, 6) is 1.50. The molecule has 0 saturated carbocycles. The van der Waals surface area contributed by atoms with Crippen molar-refractivity contribution in [1.82, 2.24) is 4.57 Å². The Balaban J connectivity index is 1.94. The molecule has 2 rings (SSSR count). The summed E-state index contributed by atoms with van der Waals surface area (Å²) in [7, 11) is 0.